The lowest BCUT2D eigenvalue weighted by atomic mass is 9.98. The van der Waals surface area contributed by atoms with Gasteiger partial charge in [0.15, 0.2) is 5.58 Å². The molecule has 3 heterocycles. The van der Waals surface area contributed by atoms with Crippen molar-refractivity contribution in [3.63, 3.8) is 0 Å². The quantitative estimate of drug-likeness (QED) is 0.159. The van der Waals surface area contributed by atoms with Crippen molar-refractivity contribution in [2.24, 2.45) is 0 Å². The van der Waals surface area contributed by atoms with Crippen molar-refractivity contribution < 1.29 is 4.42 Å². The number of fused-ring (bicyclic) bond motifs is 9. The van der Waals surface area contributed by atoms with Crippen LogP contribution < -0.4 is 4.90 Å². The van der Waals surface area contributed by atoms with E-state index in [9.17, 15) is 0 Å². The van der Waals surface area contributed by atoms with E-state index in [1.54, 1.807) is 0 Å². The van der Waals surface area contributed by atoms with Gasteiger partial charge in [-0.2, -0.15) is 0 Å². The third kappa shape index (κ3) is 5.73. The summed E-state index contributed by atoms with van der Waals surface area (Å²) in [5.74, 6) is 0. The molecular formula is C60H38N2OS. The van der Waals surface area contributed by atoms with E-state index >= 15 is 0 Å². The molecule has 64 heavy (non-hydrogen) atoms. The first-order chi connectivity index (χ1) is 31.8. The fourth-order valence-corrected chi connectivity index (χ4v) is 11.2. The molecule has 0 amide bonds. The standard InChI is InChI=1S/C60H38N2OS/c1-4-16-39(17-5-1)42-30-35-51-56(38-42)64-60-46(41-20-8-3-9-21-41)36-37-54(57(51)60)62(44-33-31-43(32-34-44)61-52-27-12-10-22-47(52)48-23-11-13-28-53(48)61)55-29-15-26-50-49-25-14-24-45(58(49)63-59(50)55)40-18-6-2-7-19-40/h1-38H. The average Bonchev–Trinajstić information content (AvgIpc) is 4.06. The van der Waals surface area contributed by atoms with Crippen LogP contribution in [0.3, 0.4) is 0 Å². The molecule has 10 aromatic carbocycles. The predicted octanol–water partition coefficient (Wildman–Crippen LogP) is 17.5. The number of nitrogens with zero attached hydrogens (tertiary/aromatic N) is 2. The lowest BCUT2D eigenvalue weighted by Crippen LogP contribution is -2.11. The van der Waals surface area contributed by atoms with Crippen LogP contribution in [-0.4, -0.2) is 4.57 Å². The number of furan rings is 1. The van der Waals surface area contributed by atoms with Gasteiger partial charge in [0.2, 0.25) is 0 Å². The fraction of sp³-hybridized carbons (Fsp3) is 0. The first-order valence-corrected chi connectivity index (χ1v) is 22.6. The Kier molecular flexibility index (Phi) is 8.40. The van der Waals surface area contributed by atoms with Crippen LogP contribution in [-0.2, 0) is 0 Å². The van der Waals surface area contributed by atoms with Gasteiger partial charge < -0.3 is 13.9 Å². The second-order valence-electron chi connectivity index (χ2n) is 16.4. The van der Waals surface area contributed by atoms with Gasteiger partial charge in [-0.05, 0) is 82.4 Å². The Labute approximate surface area is 373 Å². The monoisotopic (exact) mass is 834 g/mol. The molecule has 300 valence electrons. The molecule has 0 saturated heterocycles. The van der Waals surface area contributed by atoms with Crippen LogP contribution in [0, 0.1) is 0 Å². The Morgan fingerprint density at radius 3 is 1.64 bits per heavy atom. The van der Waals surface area contributed by atoms with Crippen molar-refractivity contribution in [3.05, 3.63) is 231 Å². The summed E-state index contributed by atoms with van der Waals surface area (Å²) >= 11 is 1.87. The molecule has 0 atom stereocenters. The van der Waals surface area contributed by atoms with Gasteiger partial charge >= 0.3 is 0 Å². The summed E-state index contributed by atoms with van der Waals surface area (Å²) in [6.07, 6.45) is 0. The van der Waals surface area contributed by atoms with Crippen molar-refractivity contribution in [2.45, 2.75) is 0 Å². The molecular weight excluding hydrogens is 797 g/mol. The van der Waals surface area contributed by atoms with Crippen molar-refractivity contribution >= 4 is 92.3 Å². The molecule has 0 aliphatic rings. The fourth-order valence-electron chi connectivity index (χ4n) is 9.89. The van der Waals surface area contributed by atoms with Gasteiger partial charge in [0.25, 0.3) is 0 Å². The van der Waals surface area contributed by atoms with Gasteiger partial charge in [-0.3, -0.25) is 0 Å². The van der Waals surface area contributed by atoms with E-state index in [-0.39, 0.29) is 0 Å². The van der Waals surface area contributed by atoms with Gasteiger partial charge in [0.05, 0.1) is 22.4 Å². The molecule has 13 rings (SSSR count). The highest BCUT2D eigenvalue weighted by molar-refractivity contribution is 7.26. The number of thiophene rings is 1. The molecule has 13 aromatic rings. The molecule has 0 aliphatic carbocycles. The zero-order valence-corrected chi connectivity index (χ0v) is 35.5. The van der Waals surface area contributed by atoms with Crippen molar-refractivity contribution in [1.29, 1.82) is 0 Å². The van der Waals surface area contributed by atoms with Gasteiger partial charge in [0.1, 0.15) is 5.58 Å². The van der Waals surface area contributed by atoms with Gasteiger partial charge in [-0.1, -0.05) is 176 Å². The Morgan fingerprint density at radius 2 is 0.953 bits per heavy atom. The van der Waals surface area contributed by atoms with Crippen molar-refractivity contribution in [2.75, 3.05) is 4.90 Å². The minimum atomic E-state index is 0.846. The molecule has 3 nitrogen and oxygen atoms in total. The number of para-hydroxylation sites is 4. The van der Waals surface area contributed by atoms with Crippen molar-refractivity contribution in [3.8, 4) is 39.1 Å². The van der Waals surface area contributed by atoms with Gasteiger partial charge in [-0.25, -0.2) is 0 Å². The van der Waals surface area contributed by atoms with E-state index < -0.39 is 0 Å². The van der Waals surface area contributed by atoms with E-state index in [1.807, 2.05) is 11.3 Å². The molecule has 0 radical (unpaired) electrons. The molecule has 0 spiro atoms. The Morgan fingerprint density at radius 1 is 0.375 bits per heavy atom. The van der Waals surface area contributed by atoms with Crippen LogP contribution in [0.4, 0.5) is 17.1 Å². The molecule has 3 aromatic heterocycles. The first-order valence-electron chi connectivity index (χ1n) is 21.8. The third-order valence-corrected chi connectivity index (χ3v) is 14.0. The smallest absolute Gasteiger partial charge is 0.159 e. The van der Waals surface area contributed by atoms with Crippen LogP contribution in [0.2, 0.25) is 0 Å². The lowest BCUT2D eigenvalue weighted by Gasteiger charge is -2.27. The maximum absolute atomic E-state index is 7.17. The topological polar surface area (TPSA) is 21.3 Å². The molecule has 4 heteroatoms. The molecule has 0 fully saturated rings. The lowest BCUT2D eigenvalue weighted by molar-refractivity contribution is 0.670. The second kappa shape index (κ2) is 14.7. The number of anilines is 3. The zero-order valence-electron chi connectivity index (χ0n) is 34.7. The second-order valence-corrected chi connectivity index (χ2v) is 17.5. The molecule has 0 bridgehead atoms. The predicted molar refractivity (Wildman–Crippen MR) is 272 cm³/mol. The maximum atomic E-state index is 7.17. The SMILES string of the molecule is c1ccc(-c2ccc3c(c2)sc2c(-c4ccccc4)ccc(N(c4ccc(-n5c6ccccc6c6ccccc65)cc4)c4cccc5c4oc4c(-c6ccccc6)cccc45)c23)cc1. The number of benzene rings is 10. The normalized spacial score (nSPS) is 11.8. The van der Waals surface area contributed by atoms with Crippen LogP contribution in [0.1, 0.15) is 0 Å². The van der Waals surface area contributed by atoms with E-state index in [1.165, 1.54) is 64.2 Å². The van der Waals surface area contributed by atoms with Gasteiger partial charge in [-0.15, -0.1) is 11.3 Å². The van der Waals surface area contributed by atoms with Gasteiger partial charge in [0, 0.05) is 58.7 Å². The summed E-state index contributed by atoms with van der Waals surface area (Å²) < 4.78 is 12.0. The van der Waals surface area contributed by atoms with Crippen LogP contribution >= 0.6 is 11.3 Å². The highest BCUT2D eigenvalue weighted by Crippen LogP contribution is 2.51. The highest BCUT2D eigenvalue weighted by Gasteiger charge is 2.25. The summed E-state index contributed by atoms with van der Waals surface area (Å²) in [6, 6.07) is 83.2. The number of hydrogen-bond donors (Lipinski definition) is 0. The summed E-state index contributed by atoms with van der Waals surface area (Å²) in [5, 5.41) is 7.11. The molecule has 0 N–H and O–H groups in total. The zero-order chi connectivity index (χ0) is 42.1. The van der Waals surface area contributed by atoms with Crippen LogP contribution in [0.15, 0.2) is 235 Å². The van der Waals surface area contributed by atoms with E-state index in [0.29, 0.717) is 0 Å². The minimum Gasteiger partial charge on any atom is -0.453 e. The largest absolute Gasteiger partial charge is 0.453 e. The highest BCUT2D eigenvalue weighted by atomic mass is 32.1. The van der Waals surface area contributed by atoms with E-state index in [2.05, 4.69) is 240 Å². The Balaban J connectivity index is 1.08. The number of hydrogen-bond acceptors (Lipinski definition) is 3. The molecule has 0 saturated carbocycles. The first kappa shape index (κ1) is 36.5. The van der Waals surface area contributed by atoms with Crippen LogP contribution in [0.5, 0.6) is 0 Å². The number of aromatic nitrogens is 1. The minimum absolute atomic E-state index is 0.846. The summed E-state index contributed by atoms with van der Waals surface area (Å²) in [4.78, 5) is 2.43. The Hall–Kier alpha value is -8.18. The molecule has 0 unspecified atom stereocenters. The maximum Gasteiger partial charge on any atom is 0.159 e. The molecule has 0 aliphatic heterocycles. The van der Waals surface area contributed by atoms with Crippen LogP contribution in [0.25, 0.3) is 103 Å². The number of rotatable bonds is 7. The summed E-state index contributed by atoms with van der Waals surface area (Å²) in [7, 11) is 0. The average molecular weight is 835 g/mol. The van der Waals surface area contributed by atoms with E-state index in [0.717, 1.165) is 55.8 Å². The summed E-state index contributed by atoms with van der Waals surface area (Å²) in [5.41, 5.74) is 15.4. The van der Waals surface area contributed by atoms with Crippen molar-refractivity contribution in [1.82, 2.24) is 4.57 Å². The Bertz CT molecular complexity index is 3830. The van der Waals surface area contributed by atoms with E-state index in [4.69, 9.17) is 4.42 Å². The summed E-state index contributed by atoms with van der Waals surface area (Å²) in [6.45, 7) is 0. The third-order valence-electron chi connectivity index (χ3n) is 12.8.